The molecule has 0 fully saturated rings. The summed E-state index contributed by atoms with van der Waals surface area (Å²) in [5.74, 6) is -0.557. The minimum absolute atomic E-state index is 0.215. The number of pyridine rings is 1. The number of nitrogens with one attached hydrogen (secondary N) is 2. The molecule has 0 aliphatic rings. The lowest BCUT2D eigenvalue weighted by Gasteiger charge is -2.09. The molecule has 0 aliphatic heterocycles. The fourth-order valence-electron chi connectivity index (χ4n) is 1.59. The molecule has 0 spiro atoms. The zero-order chi connectivity index (χ0) is 15.4. The minimum Gasteiger partial charge on any atom is -0.325 e. The second-order valence-corrected chi connectivity index (χ2v) is 5.51. The van der Waals surface area contributed by atoms with Gasteiger partial charge in [0.15, 0.2) is 0 Å². The Bertz CT molecular complexity index is 689. The number of hydrogen-bond donors (Lipinski definition) is 2. The summed E-state index contributed by atoms with van der Waals surface area (Å²) in [5, 5.41) is 5.62. The fraction of sp³-hybridized carbons (Fsp3) is 0.0714. The number of halogens is 2. The van der Waals surface area contributed by atoms with Crippen LogP contribution < -0.4 is 10.6 Å². The van der Waals surface area contributed by atoms with Crippen LogP contribution in [0.15, 0.2) is 41.0 Å². The quantitative estimate of drug-likeness (QED) is 0.867. The van der Waals surface area contributed by atoms with Crippen molar-refractivity contribution in [1.29, 1.82) is 0 Å². The number of rotatable bonds is 3. The molecule has 0 bridgehead atoms. The molecule has 108 valence electrons. The van der Waals surface area contributed by atoms with E-state index in [0.29, 0.717) is 22.1 Å². The molecule has 2 aromatic rings. The second kappa shape index (κ2) is 6.69. The topological polar surface area (TPSA) is 71.1 Å². The van der Waals surface area contributed by atoms with E-state index in [1.165, 1.54) is 6.92 Å². The van der Waals surface area contributed by atoms with Gasteiger partial charge in [0.2, 0.25) is 5.91 Å². The fourth-order valence-corrected chi connectivity index (χ4v) is 2.05. The normalized spacial score (nSPS) is 10.0. The van der Waals surface area contributed by atoms with Crippen molar-refractivity contribution in [2.75, 3.05) is 10.6 Å². The first-order chi connectivity index (χ1) is 9.95. The van der Waals surface area contributed by atoms with Gasteiger partial charge in [-0.2, -0.15) is 0 Å². The Morgan fingerprint density at radius 2 is 1.95 bits per heavy atom. The lowest BCUT2D eigenvalue weighted by Crippen LogP contribution is -2.13. The third-order valence-corrected chi connectivity index (χ3v) is 3.28. The molecule has 0 saturated heterocycles. The molecule has 5 nitrogen and oxygen atoms in total. The molecule has 1 heterocycles. The van der Waals surface area contributed by atoms with Crippen LogP contribution >= 0.6 is 27.5 Å². The summed E-state index contributed by atoms with van der Waals surface area (Å²) < 4.78 is 0.793. The molecule has 0 radical (unpaired) electrons. The smallest absolute Gasteiger partial charge is 0.274 e. The van der Waals surface area contributed by atoms with Crippen LogP contribution in [0.4, 0.5) is 11.4 Å². The lowest BCUT2D eigenvalue weighted by molar-refractivity contribution is -0.114. The molecule has 0 saturated carbocycles. The molecule has 2 rings (SSSR count). The Hall–Kier alpha value is -1.92. The van der Waals surface area contributed by atoms with Crippen molar-refractivity contribution >= 4 is 50.7 Å². The van der Waals surface area contributed by atoms with E-state index < -0.39 is 0 Å². The van der Waals surface area contributed by atoms with Gasteiger partial charge in [0, 0.05) is 23.3 Å². The first kappa shape index (κ1) is 15.5. The molecule has 2 amide bonds. The van der Waals surface area contributed by atoms with E-state index in [1.807, 2.05) is 0 Å². The predicted octanol–water partition coefficient (Wildman–Crippen LogP) is 3.71. The number of nitrogens with zero attached hydrogens (tertiary/aromatic N) is 1. The number of amides is 2. The van der Waals surface area contributed by atoms with E-state index in [4.69, 9.17) is 11.6 Å². The standard InChI is InChI=1S/C14H11BrClN3O2/c1-8(20)18-12-5-3-10(6-11(12)16)19-14(21)13-4-2-9(15)7-17-13/h2-7H,1H3,(H,18,20)(H,19,21). The molecular weight excluding hydrogens is 358 g/mol. The Labute approximate surface area is 134 Å². The van der Waals surface area contributed by atoms with Crippen molar-refractivity contribution in [3.8, 4) is 0 Å². The zero-order valence-corrected chi connectivity index (χ0v) is 13.3. The van der Waals surface area contributed by atoms with Gasteiger partial charge in [-0.1, -0.05) is 11.6 Å². The summed E-state index contributed by atoms with van der Waals surface area (Å²) in [4.78, 5) is 27.0. The van der Waals surface area contributed by atoms with Crippen LogP contribution in [0.25, 0.3) is 0 Å². The average molecular weight is 369 g/mol. The van der Waals surface area contributed by atoms with Crippen molar-refractivity contribution in [3.05, 3.63) is 51.7 Å². The van der Waals surface area contributed by atoms with Gasteiger partial charge in [0.1, 0.15) is 5.69 Å². The van der Waals surface area contributed by atoms with Crippen molar-refractivity contribution in [1.82, 2.24) is 4.98 Å². The van der Waals surface area contributed by atoms with E-state index in [-0.39, 0.29) is 11.8 Å². The summed E-state index contributed by atoms with van der Waals surface area (Å²) in [7, 11) is 0. The molecule has 0 aliphatic carbocycles. The van der Waals surface area contributed by atoms with Crippen LogP contribution in [-0.2, 0) is 4.79 Å². The van der Waals surface area contributed by atoms with E-state index in [1.54, 1.807) is 36.5 Å². The Kier molecular flexibility index (Phi) is 4.93. The van der Waals surface area contributed by atoms with Gasteiger partial charge in [0.05, 0.1) is 10.7 Å². The predicted molar refractivity (Wildman–Crippen MR) is 85.6 cm³/mol. The molecule has 1 aromatic heterocycles. The average Bonchev–Trinajstić information content (AvgIpc) is 2.42. The summed E-state index contributed by atoms with van der Waals surface area (Å²) >= 11 is 9.29. The summed E-state index contributed by atoms with van der Waals surface area (Å²) in [6.45, 7) is 1.39. The Morgan fingerprint density at radius 3 is 2.52 bits per heavy atom. The summed E-state index contributed by atoms with van der Waals surface area (Å²) in [5.41, 5.74) is 1.30. The van der Waals surface area contributed by atoms with Crippen molar-refractivity contribution in [2.24, 2.45) is 0 Å². The Morgan fingerprint density at radius 1 is 1.19 bits per heavy atom. The summed E-state index contributed by atoms with van der Waals surface area (Å²) in [6.07, 6.45) is 1.54. The third-order valence-electron chi connectivity index (χ3n) is 2.50. The van der Waals surface area contributed by atoms with E-state index >= 15 is 0 Å². The molecule has 21 heavy (non-hydrogen) atoms. The Balaban J connectivity index is 2.12. The van der Waals surface area contributed by atoms with Crippen LogP contribution in [0.1, 0.15) is 17.4 Å². The molecular formula is C14H11BrClN3O2. The van der Waals surface area contributed by atoms with Gasteiger partial charge >= 0.3 is 0 Å². The molecule has 0 unspecified atom stereocenters. The SMILES string of the molecule is CC(=O)Nc1ccc(NC(=O)c2ccc(Br)cn2)cc1Cl. The van der Waals surface area contributed by atoms with Crippen molar-refractivity contribution in [2.45, 2.75) is 6.92 Å². The number of anilines is 2. The highest BCUT2D eigenvalue weighted by Crippen LogP contribution is 2.25. The number of benzene rings is 1. The van der Waals surface area contributed by atoms with E-state index in [9.17, 15) is 9.59 Å². The maximum absolute atomic E-state index is 12.0. The molecule has 0 atom stereocenters. The van der Waals surface area contributed by atoms with Gasteiger partial charge < -0.3 is 10.6 Å². The van der Waals surface area contributed by atoms with E-state index in [2.05, 4.69) is 31.5 Å². The third kappa shape index (κ3) is 4.27. The molecule has 7 heteroatoms. The van der Waals surface area contributed by atoms with E-state index in [0.717, 1.165) is 4.47 Å². The zero-order valence-electron chi connectivity index (χ0n) is 11.0. The van der Waals surface area contributed by atoms with Crippen LogP contribution in [0.3, 0.4) is 0 Å². The first-order valence-corrected chi connectivity index (χ1v) is 7.13. The maximum Gasteiger partial charge on any atom is 0.274 e. The highest BCUT2D eigenvalue weighted by atomic mass is 79.9. The lowest BCUT2D eigenvalue weighted by atomic mass is 10.2. The highest BCUT2D eigenvalue weighted by Gasteiger charge is 2.09. The van der Waals surface area contributed by atoms with Crippen LogP contribution in [0.5, 0.6) is 0 Å². The van der Waals surface area contributed by atoms with Crippen LogP contribution in [0, 0.1) is 0 Å². The monoisotopic (exact) mass is 367 g/mol. The minimum atomic E-state index is -0.342. The highest BCUT2D eigenvalue weighted by molar-refractivity contribution is 9.10. The van der Waals surface area contributed by atoms with Gasteiger partial charge in [-0.3, -0.25) is 9.59 Å². The van der Waals surface area contributed by atoms with Gasteiger partial charge in [-0.05, 0) is 46.3 Å². The summed E-state index contributed by atoms with van der Waals surface area (Å²) in [6, 6.07) is 8.16. The van der Waals surface area contributed by atoms with Gasteiger partial charge in [0.25, 0.3) is 5.91 Å². The van der Waals surface area contributed by atoms with Gasteiger partial charge in [-0.15, -0.1) is 0 Å². The number of carbonyl (C=O) groups is 2. The van der Waals surface area contributed by atoms with Crippen molar-refractivity contribution in [3.63, 3.8) is 0 Å². The number of hydrogen-bond acceptors (Lipinski definition) is 3. The maximum atomic E-state index is 12.0. The first-order valence-electron chi connectivity index (χ1n) is 5.96. The van der Waals surface area contributed by atoms with Gasteiger partial charge in [-0.25, -0.2) is 4.98 Å². The van der Waals surface area contributed by atoms with Crippen LogP contribution in [-0.4, -0.2) is 16.8 Å². The number of carbonyl (C=O) groups excluding carboxylic acids is 2. The second-order valence-electron chi connectivity index (χ2n) is 4.19. The van der Waals surface area contributed by atoms with Crippen molar-refractivity contribution < 1.29 is 9.59 Å². The molecule has 1 aromatic carbocycles. The largest absolute Gasteiger partial charge is 0.325 e. The van der Waals surface area contributed by atoms with Crippen LogP contribution in [0.2, 0.25) is 5.02 Å². The number of aromatic nitrogens is 1. The molecule has 2 N–H and O–H groups in total.